The summed E-state index contributed by atoms with van der Waals surface area (Å²) < 4.78 is 21.3. The second kappa shape index (κ2) is 4.87. The van der Waals surface area contributed by atoms with E-state index in [1.54, 1.807) is 0 Å². The quantitative estimate of drug-likeness (QED) is 0.750. The van der Waals surface area contributed by atoms with Gasteiger partial charge in [-0.25, -0.2) is 15.7 Å². The zero-order valence-corrected chi connectivity index (χ0v) is 11.2. The van der Waals surface area contributed by atoms with Gasteiger partial charge in [-0.2, -0.15) is 0 Å². The first kappa shape index (κ1) is 13.0. The van der Waals surface area contributed by atoms with Gasteiger partial charge in [0.15, 0.2) is 0 Å². The molecule has 86 valence electrons. The van der Waals surface area contributed by atoms with Crippen LogP contribution in [0.3, 0.4) is 0 Å². The summed E-state index contributed by atoms with van der Waals surface area (Å²) in [6.07, 6.45) is 0. The summed E-state index contributed by atoms with van der Waals surface area (Å²) in [5, 5.41) is 17.5. The lowest BCUT2D eigenvalue weighted by molar-refractivity contribution is 0.0679. The first-order valence-corrected chi connectivity index (χ1v) is 7.33. The van der Waals surface area contributed by atoms with E-state index in [-0.39, 0.29) is 10.0 Å². The minimum Gasteiger partial charge on any atom is -0.478 e. The Bertz CT molecular complexity index is 540. The van der Waals surface area contributed by atoms with Crippen molar-refractivity contribution in [2.45, 2.75) is 0 Å². The molecule has 1 aromatic rings. The molecule has 0 unspecified atom stereocenters. The van der Waals surface area contributed by atoms with Crippen molar-refractivity contribution in [1.29, 1.82) is 0 Å². The molecule has 0 spiro atoms. The maximum absolute atomic E-state index is 10.9. The van der Waals surface area contributed by atoms with Crippen LogP contribution < -0.4 is 0 Å². The van der Waals surface area contributed by atoms with Crippen molar-refractivity contribution in [1.82, 2.24) is 0 Å². The van der Waals surface area contributed by atoms with Crippen LogP contribution in [0.4, 0.5) is 0 Å². The highest BCUT2D eigenvalue weighted by Gasteiger charge is 2.20. The Morgan fingerprint density at radius 2 is 1.56 bits per heavy atom. The maximum Gasteiger partial charge on any atom is 0.341 e. The fraction of sp³-hybridized carbons (Fsp3) is 0. The van der Waals surface area contributed by atoms with Gasteiger partial charge in [0.25, 0.3) is 0 Å². The molecule has 0 amide bonds. The number of hydrogen-bond acceptors (Lipinski definition) is 4. The van der Waals surface area contributed by atoms with Gasteiger partial charge in [-0.05, 0) is 28.1 Å². The van der Waals surface area contributed by atoms with Crippen molar-refractivity contribution in [3.63, 3.8) is 0 Å². The van der Waals surface area contributed by atoms with Crippen molar-refractivity contribution in [3.8, 4) is 0 Å². The molecule has 2 N–H and O–H groups in total. The summed E-state index contributed by atoms with van der Waals surface area (Å²) in [7, 11) is 0. The zero-order chi connectivity index (χ0) is 12.5. The number of carbonyl (C=O) groups is 2. The van der Waals surface area contributed by atoms with E-state index in [9.17, 15) is 15.7 Å². The van der Waals surface area contributed by atoms with Crippen molar-refractivity contribution in [2.24, 2.45) is 0 Å². The molecule has 0 saturated carbocycles. The molecule has 0 aromatic heterocycles. The molecule has 0 aliphatic heterocycles. The Kier molecular flexibility index (Phi) is 3.97. The zero-order valence-electron chi connectivity index (χ0n) is 7.44. The van der Waals surface area contributed by atoms with Crippen LogP contribution >= 0.6 is 35.7 Å². The van der Waals surface area contributed by atoms with Crippen LogP contribution in [0.15, 0.2) is 16.6 Å². The Morgan fingerprint density at radius 3 is 1.94 bits per heavy atom. The Hall–Kier alpha value is -1.03. The highest BCUT2D eigenvalue weighted by molar-refractivity contribution is 14.2. The maximum atomic E-state index is 10.9. The largest absolute Gasteiger partial charge is 0.478 e. The number of rotatable bonds is 3. The van der Waals surface area contributed by atoms with Crippen LogP contribution in [0, 0.1) is 3.57 Å². The second-order valence-corrected chi connectivity index (χ2v) is 5.90. The van der Waals surface area contributed by atoms with Gasteiger partial charge < -0.3 is 10.2 Å². The minimum absolute atomic E-state index is 0.0267. The van der Waals surface area contributed by atoms with E-state index in [2.05, 4.69) is 15.9 Å². The average molecular weight is 403 g/mol. The molecule has 0 aliphatic rings. The molecule has 1 rings (SSSR count). The van der Waals surface area contributed by atoms with E-state index in [0.717, 1.165) is 12.1 Å². The van der Waals surface area contributed by atoms with E-state index >= 15 is 0 Å². The number of carboxylic acid groups (broad SMARTS) is 2. The number of hydrogen-bond donors (Lipinski definition) is 2. The van der Waals surface area contributed by atoms with E-state index in [0.29, 0.717) is 0 Å². The molecular weight excluding hydrogens is 399 g/mol. The number of carboxylic acids is 2. The normalized spacial score (nSPS) is 10.4. The second-order valence-electron chi connectivity index (χ2n) is 2.64. The standard InChI is InChI=1S/C8H4BrIO6/c9-5-1-4(8(13)14)6(10(15)16)2-3(5)7(11)12/h1-2H,(H,11,12)(H,13,14). The first-order chi connectivity index (χ1) is 7.34. The van der Waals surface area contributed by atoms with Crippen LogP contribution in [0.2, 0.25) is 0 Å². The SMILES string of the molecule is O=C(O)c1cc(I(=O)=O)c(C(=O)O)cc1Br. The van der Waals surface area contributed by atoms with Crippen LogP contribution in [0.5, 0.6) is 0 Å². The van der Waals surface area contributed by atoms with Gasteiger partial charge in [-0.3, -0.25) is 0 Å². The fourth-order valence-corrected chi connectivity index (χ4v) is 2.94. The van der Waals surface area contributed by atoms with E-state index < -0.39 is 40.9 Å². The lowest BCUT2D eigenvalue weighted by atomic mass is 10.1. The molecule has 0 heterocycles. The topological polar surface area (TPSA) is 109 Å². The minimum atomic E-state index is -4.05. The molecule has 8 heteroatoms. The van der Waals surface area contributed by atoms with Gasteiger partial charge in [0.05, 0.1) is 14.7 Å². The molecule has 16 heavy (non-hydrogen) atoms. The summed E-state index contributed by atoms with van der Waals surface area (Å²) in [5.41, 5.74) is -0.707. The van der Waals surface area contributed by atoms with Crippen molar-refractivity contribution < 1.29 is 25.9 Å². The number of aromatic carboxylic acids is 2. The molecule has 0 fully saturated rings. The lowest BCUT2D eigenvalue weighted by Crippen LogP contribution is -2.05. The smallest absolute Gasteiger partial charge is 0.341 e. The van der Waals surface area contributed by atoms with Gasteiger partial charge in [-0.1, -0.05) is 0 Å². The number of benzene rings is 1. The number of halogens is 2. The molecule has 0 saturated heterocycles. The highest BCUT2D eigenvalue weighted by Crippen LogP contribution is 2.28. The third-order valence-corrected chi connectivity index (χ3v) is 4.18. The van der Waals surface area contributed by atoms with Crippen molar-refractivity contribution in [2.75, 3.05) is 0 Å². The average Bonchev–Trinajstić information content (AvgIpc) is 2.15. The van der Waals surface area contributed by atoms with Crippen LogP contribution in [-0.4, -0.2) is 22.2 Å². The van der Waals surface area contributed by atoms with Gasteiger partial charge in [0.1, 0.15) is 0 Å². The third kappa shape index (κ3) is 2.55. The predicted octanol–water partition coefficient (Wildman–Crippen LogP) is 2.21. The molecule has 0 atom stereocenters. The monoisotopic (exact) mass is 402 g/mol. The molecule has 0 radical (unpaired) electrons. The summed E-state index contributed by atoms with van der Waals surface area (Å²) in [6.45, 7) is 0. The van der Waals surface area contributed by atoms with Crippen LogP contribution in [0.25, 0.3) is 0 Å². The summed E-state index contributed by atoms with van der Waals surface area (Å²) in [5.74, 6) is -2.75. The van der Waals surface area contributed by atoms with Gasteiger partial charge in [0.2, 0.25) is 0 Å². The predicted molar refractivity (Wildman–Crippen MR) is 62.2 cm³/mol. The van der Waals surface area contributed by atoms with Crippen LogP contribution in [0.1, 0.15) is 20.7 Å². The Balaban J connectivity index is 3.62. The van der Waals surface area contributed by atoms with Gasteiger partial charge in [-0.15, -0.1) is 0 Å². The van der Waals surface area contributed by atoms with Crippen molar-refractivity contribution >= 4 is 47.7 Å². The van der Waals surface area contributed by atoms with Crippen LogP contribution in [-0.2, 0) is 6.14 Å². The molecular formula is C8H4BrIO6. The molecule has 6 nitrogen and oxygen atoms in total. The van der Waals surface area contributed by atoms with Gasteiger partial charge in [0, 0.05) is 4.47 Å². The first-order valence-electron chi connectivity index (χ1n) is 3.70. The highest BCUT2D eigenvalue weighted by atomic mass is 127. The Labute approximate surface area is 105 Å². The third-order valence-electron chi connectivity index (χ3n) is 1.68. The molecule has 0 aliphatic carbocycles. The van der Waals surface area contributed by atoms with Gasteiger partial charge >= 0.3 is 31.7 Å². The lowest BCUT2D eigenvalue weighted by Gasteiger charge is -2.03. The fourth-order valence-electron chi connectivity index (χ4n) is 1.00. The van der Waals surface area contributed by atoms with E-state index in [1.807, 2.05) is 0 Å². The van der Waals surface area contributed by atoms with E-state index in [1.165, 1.54) is 0 Å². The Morgan fingerprint density at radius 1 is 1.06 bits per heavy atom. The van der Waals surface area contributed by atoms with E-state index in [4.69, 9.17) is 10.2 Å². The van der Waals surface area contributed by atoms with Crippen molar-refractivity contribution in [3.05, 3.63) is 31.3 Å². The summed E-state index contributed by atoms with van der Waals surface area (Å²) in [4.78, 5) is 21.5. The molecule has 1 aromatic carbocycles. The molecule has 0 bridgehead atoms. The summed E-state index contributed by atoms with van der Waals surface area (Å²) >= 11 is -1.18. The summed E-state index contributed by atoms with van der Waals surface area (Å²) in [6, 6.07) is 1.82.